The molecule has 5 nitrogen and oxygen atoms in total. The van der Waals surface area contributed by atoms with E-state index in [1.165, 1.54) is 5.01 Å². The Labute approximate surface area is 124 Å². The number of nitrogens with two attached hydrogens (primary N) is 1. The van der Waals surface area contributed by atoms with Crippen molar-refractivity contribution >= 4 is 20.7 Å². The van der Waals surface area contributed by atoms with E-state index in [1.807, 2.05) is 13.8 Å². The number of alkyl halides is 3. The van der Waals surface area contributed by atoms with Crippen LogP contribution in [0.4, 0.5) is 13.2 Å². The summed E-state index contributed by atoms with van der Waals surface area (Å²) in [6.45, 7) is 8.04. The lowest BCUT2D eigenvalue weighted by Gasteiger charge is -2.40. The number of hydrogen-bond acceptors (Lipinski definition) is 4. The highest BCUT2D eigenvalue weighted by molar-refractivity contribution is 9.18. The van der Waals surface area contributed by atoms with Crippen molar-refractivity contribution in [2.75, 3.05) is 19.6 Å². The van der Waals surface area contributed by atoms with Crippen LogP contribution in [0.1, 0.15) is 13.8 Å². The molecular weight excluding hydrogens is 339 g/mol. The highest BCUT2D eigenvalue weighted by Crippen LogP contribution is 2.25. The van der Waals surface area contributed by atoms with Crippen molar-refractivity contribution in [2.24, 2.45) is 10.8 Å². The largest absolute Gasteiger partial charge is 0.405 e. The molecule has 0 amide bonds. The molecule has 116 valence electrons. The maximum Gasteiger partial charge on any atom is 0.405 e. The predicted molar refractivity (Wildman–Crippen MR) is 76.1 cm³/mol. The van der Waals surface area contributed by atoms with E-state index in [1.54, 1.807) is 4.90 Å². The molecule has 0 radical (unpaired) electrons. The summed E-state index contributed by atoms with van der Waals surface area (Å²) < 4.78 is 38.4. The predicted octanol–water partition coefficient (Wildman–Crippen LogP) is 1.63. The molecule has 9 heteroatoms. The van der Waals surface area contributed by atoms with E-state index >= 15 is 0 Å². The number of rotatable bonds is 4. The first-order valence-electron chi connectivity index (χ1n) is 6.15. The number of hydrogen-bond donors (Lipinski definition) is 2. The molecule has 0 saturated carbocycles. The number of halogens is 4. The van der Waals surface area contributed by atoms with E-state index in [-0.39, 0.29) is 23.9 Å². The molecule has 1 unspecified atom stereocenters. The fourth-order valence-electron chi connectivity index (χ4n) is 1.92. The maximum atomic E-state index is 12.8. The van der Waals surface area contributed by atoms with Gasteiger partial charge in [-0.2, -0.15) is 13.2 Å². The summed E-state index contributed by atoms with van der Waals surface area (Å²) in [7, 11) is 0. The Hall–Kier alpha value is -0.960. The van der Waals surface area contributed by atoms with Crippen molar-refractivity contribution in [3.05, 3.63) is 12.4 Å². The molecule has 1 saturated heterocycles. The van der Waals surface area contributed by atoms with Gasteiger partial charge < -0.3 is 16.0 Å². The lowest BCUT2D eigenvalue weighted by Crippen LogP contribution is -2.57. The summed E-state index contributed by atoms with van der Waals surface area (Å²) >= 11 is 3.01. The lowest BCUT2D eigenvalue weighted by molar-refractivity contribution is -0.164. The summed E-state index contributed by atoms with van der Waals surface area (Å²) in [4.78, 5) is 1.56. The second-order valence-corrected chi connectivity index (χ2v) is 5.58. The van der Waals surface area contributed by atoms with Gasteiger partial charge in [0.05, 0.1) is 0 Å². The van der Waals surface area contributed by atoms with E-state index in [4.69, 9.17) is 5.73 Å². The van der Waals surface area contributed by atoms with E-state index in [0.29, 0.717) is 12.4 Å². The highest BCUT2D eigenvalue weighted by atomic mass is 79.9. The fraction of sp³-hybridized carbons (Fsp3) is 0.727. The third-order valence-electron chi connectivity index (χ3n) is 2.89. The minimum atomic E-state index is -4.28. The molecule has 0 aliphatic carbocycles. The van der Waals surface area contributed by atoms with Crippen molar-refractivity contribution < 1.29 is 13.2 Å². The molecule has 1 aliphatic heterocycles. The van der Waals surface area contributed by atoms with Crippen molar-refractivity contribution in [1.29, 1.82) is 0 Å². The first kappa shape index (κ1) is 17.1. The maximum absolute atomic E-state index is 12.8. The molecule has 0 aromatic heterocycles. The molecule has 20 heavy (non-hydrogen) atoms. The number of amidine groups is 1. The second-order valence-electron chi connectivity index (χ2n) is 4.77. The Morgan fingerprint density at radius 3 is 2.60 bits per heavy atom. The van der Waals surface area contributed by atoms with E-state index < -0.39 is 12.2 Å². The van der Waals surface area contributed by atoms with Crippen LogP contribution in [0.15, 0.2) is 17.5 Å². The SMILES string of the molecule is C=C(N1CCNC(C(F)(F)F)C1)N(/N=C(\N)Br)C(C)C. The van der Waals surface area contributed by atoms with Crippen molar-refractivity contribution in [3.8, 4) is 0 Å². The number of nitrogens with zero attached hydrogens (tertiary/aromatic N) is 3. The average molecular weight is 358 g/mol. The first-order valence-corrected chi connectivity index (χ1v) is 6.95. The van der Waals surface area contributed by atoms with Gasteiger partial charge in [0.15, 0.2) is 4.74 Å². The van der Waals surface area contributed by atoms with Gasteiger partial charge in [0.2, 0.25) is 0 Å². The van der Waals surface area contributed by atoms with Gasteiger partial charge in [0.1, 0.15) is 11.9 Å². The Kier molecular flexibility index (Phi) is 5.69. The molecule has 1 rings (SSSR count). The van der Waals surface area contributed by atoms with Gasteiger partial charge in [-0.05, 0) is 29.8 Å². The van der Waals surface area contributed by atoms with Crippen LogP contribution in [0.2, 0.25) is 0 Å². The monoisotopic (exact) mass is 357 g/mol. The van der Waals surface area contributed by atoms with Gasteiger partial charge in [-0.3, -0.25) is 0 Å². The molecule has 0 aromatic carbocycles. The van der Waals surface area contributed by atoms with Crippen LogP contribution in [0.25, 0.3) is 0 Å². The van der Waals surface area contributed by atoms with Crippen molar-refractivity contribution in [1.82, 2.24) is 15.2 Å². The average Bonchev–Trinajstić information content (AvgIpc) is 2.33. The van der Waals surface area contributed by atoms with Crippen molar-refractivity contribution in [2.45, 2.75) is 32.1 Å². The Bertz CT molecular complexity index is 379. The molecule has 0 spiro atoms. The van der Waals surface area contributed by atoms with E-state index in [0.717, 1.165) is 0 Å². The zero-order valence-corrected chi connectivity index (χ0v) is 13.0. The molecule has 1 atom stereocenters. The van der Waals surface area contributed by atoms with Crippen LogP contribution < -0.4 is 11.1 Å². The summed E-state index contributed by atoms with van der Waals surface area (Å²) in [5, 5.41) is 8.00. The smallest absolute Gasteiger partial charge is 0.376 e. The normalized spacial score (nSPS) is 21.2. The zero-order chi connectivity index (χ0) is 15.5. The Balaban J connectivity index is 2.82. The quantitative estimate of drug-likeness (QED) is 0.347. The van der Waals surface area contributed by atoms with Gasteiger partial charge in [0, 0.05) is 25.7 Å². The molecular formula is C11H19BrF3N5. The summed E-state index contributed by atoms with van der Waals surface area (Å²) in [5.41, 5.74) is 5.47. The molecule has 3 N–H and O–H groups in total. The van der Waals surface area contributed by atoms with Crippen molar-refractivity contribution in [3.63, 3.8) is 0 Å². The number of piperazine rings is 1. The van der Waals surface area contributed by atoms with Gasteiger partial charge in [0.25, 0.3) is 0 Å². The third-order valence-corrected chi connectivity index (χ3v) is 3.05. The summed E-state index contributed by atoms with van der Waals surface area (Å²) in [6, 6.07) is -1.63. The molecule has 0 bridgehead atoms. The second kappa shape index (κ2) is 6.66. The van der Waals surface area contributed by atoms with Crippen LogP contribution in [-0.2, 0) is 0 Å². The highest BCUT2D eigenvalue weighted by Gasteiger charge is 2.42. The molecule has 1 fully saturated rings. The van der Waals surface area contributed by atoms with Gasteiger partial charge in [-0.25, -0.2) is 5.01 Å². The summed E-state index contributed by atoms with van der Waals surface area (Å²) in [5.74, 6) is 0.401. The fourth-order valence-corrected chi connectivity index (χ4v) is 2.09. The molecule has 1 aliphatic rings. The van der Waals surface area contributed by atoms with E-state index in [9.17, 15) is 13.2 Å². The van der Waals surface area contributed by atoms with Crippen LogP contribution in [0.5, 0.6) is 0 Å². The zero-order valence-electron chi connectivity index (χ0n) is 11.4. The first-order chi connectivity index (χ1) is 9.12. The number of nitrogens with one attached hydrogen (secondary N) is 1. The Morgan fingerprint density at radius 2 is 2.15 bits per heavy atom. The molecule has 1 heterocycles. The van der Waals surface area contributed by atoms with Crippen LogP contribution in [-0.4, -0.2) is 52.5 Å². The summed E-state index contributed by atoms with van der Waals surface area (Å²) in [6.07, 6.45) is -4.28. The van der Waals surface area contributed by atoms with Gasteiger partial charge in [-0.15, -0.1) is 5.10 Å². The van der Waals surface area contributed by atoms with Crippen LogP contribution in [0, 0.1) is 0 Å². The lowest BCUT2D eigenvalue weighted by atomic mass is 10.2. The minimum absolute atomic E-state index is 0.0715. The minimum Gasteiger partial charge on any atom is -0.376 e. The standard InChI is InChI=1S/C11H19BrF3N5/c1-7(2)20(18-10(12)16)8(3)19-5-4-17-9(6-19)11(13,14)15/h7,9,17H,3-6H2,1-2H3,(H2,16,18). The van der Waals surface area contributed by atoms with Gasteiger partial charge >= 0.3 is 6.18 Å². The Morgan fingerprint density at radius 1 is 1.55 bits per heavy atom. The van der Waals surface area contributed by atoms with Crippen LogP contribution >= 0.6 is 15.9 Å². The van der Waals surface area contributed by atoms with Gasteiger partial charge in [-0.1, -0.05) is 6.58 Å². The van der Waals surface area contributed by atoms with Crippen LogP contribution in [0.3, 0.4) is 0 Å². The third kappa shape index (κ3) is 4.55. The topological polar surface area (TPSA) is 56.9 Å². The van der Waals surface area contributed by atoms with E-state index in [2.05, 4.69) is 32.9 Å². The number of hydrazone groups is 1. The molecule has 0 aromatic rings.